The molecule has 3 fully saturated rings. The van der Waals surface area contributed by atoms with Gasteiger partial charge in [-0.05, 0) is 56.8 Å². The van der Waals surface area contributed by atoms with Crippen LogP contribution in [0.1, 0.15) is 24.5 Å². The molecule has 19 heavy (non-hydrogen) atoms. The highest BCUT2D eigenvalue weighted by molar-refractivity contribution is 5.07. The van der Waals surface area contributed by atoms with Crippen molar-refractivity contribution in [2.75, 3.05) is 32.7 Å². The van der Waals surface area contributed by atoms with E-state index in [1.165, 1.54) is 51.3 Å². The Morgan fingerprint density at radius 3 is 2.63 bits per heavy atom. The fourth-order valence-corrected chi connectivity index (χ4v) is 4.05. The second-order valence-corrected chi connectivity index (χ2v) is 6.35. The summed E-state index contributed by atoms with van der Waals surface area (Å²) in [5.41, 5.74) is 1.19. The van der Waals surface area contributed by atoms with E-state index in [2.05, 4.69) is 20.2 Å². The number of hydrogen-bond acceptors (Lipinski definition) is 4. The van der Waals surface area contributed by atoms with Gasteiger partial charge in [0, 0.05) is 31.1 Å². The van der Waals surface area contributed by atoms with Crippen LogP contribution in [0.2, 0.25) is 0 Å². The van der Waals surface area contributed by atoms with Gasteiger partial charge in [0.2, 0.25) is 0 Å². The van der Waals surface area contributed by atoms with Gasteiger partial charge in [-0.15, -0.1) is 0 Å². The summed E-state index contributed by atoms with van der Waals surface area (Å²) < 4.78 is 0. The van der Waals surface area contributed by atoms with Crippen molar-refractivity contribution in [2.24, 2.45) is 17.8 Å². The molecule has 1 aromatic heterocycles. The summed E-state index contributed by atoms with van der Waals surface area (Å²) in [6.07, 6.45) is 8.02. The number of piperidine rings is 2. The molecule has 2 saturated heterocycles. The van der Waals surface area contributed by atoms with Crippen LogP contribution < -0.4 is 5.32 Å². The average molecular weight is 258 g/mol. The molecule has 1 aliphatic carbocycles. The minimum absolute atomic E-state index is 0.630. The van der Waals surface area contributed by atoms with E-state index in [0.29, 0.717) is 5.92 Å². The van der Waals surface area contributed by atoms with Crippen LogP contribution in [-0.4, -0.2) is 47.6 Å². The molecule has 2 aliphatic heterocycles. The van der Waals surface area contributed by atoms with Crippen molar-refractivity contribution in [2.45, 2.75) is 18.8 Å². The molecule has 0 amide bonds. The zero-order valence-corrected chi connectivity index (χ0v) is 11.3. The van der Waals surface area contributed by atoms with Crippen molar-refractivity contribution < 1.29 is 0 Å². The van der Waals surface area contributed by atoms with Gasteiger partial charge in [-0.25, -0.2) is 0 Å². The normalized spacial score (nSPS) is 35.3. The van der Waals surface area contributed by atoms with Crippen molar-refractivity contribution in [3.05, 3.63) is 24.3 Å². The van der Waals surface area contributed by atoms with E-state index < -0.39 is 0 Å². The molecular weight excluding hydrogens is 236 g/mol. The molecule has 4 rings (SSSR count). The Morgan fingerprint density at radius 2 is 1.95 bits per heavy atom. The number of nitrogens with one attached hydrogen (secondary N) is 1. The topological polar surface area (TPSA) is 41.1 Å². The van der Waals surface area contributed by atoms with E-state index in [-0.39, 0.29) is 0 Å². The molecule has 4 heteroatoms. The zero-order chi connectivity index (χ0) is 12.7. The zero-order valence-electron chi connectivity index (χ0n) is 11.3. The maximum absolute atomic E-state index is 4.46. The van der Waals surface area contributed by atoms with Gasteiger partial charge in [-0.1, -0.05) is 0 Å². The first-order chi connectivity index (χ1) is 9.42. The standard InChI is InChI=1S/C15H22N4/c1-5-19(10-14-12-7-17-8-13(12)14)6-2-11(1)15-9-16-3-4-18-15/h3-4,9,11-14,17H,1-2,5-8,10H2. The van der Waals surface area contributed by atoms with Gasteiger partial charge in [0.1, 0.15) is 0 Å². The third-order valence-corrected chi connectivity index (χ3v) is 5.33. The lowest BCUT2D eigenvalue weighted by atomic mass is 9.93. The highest BCUT2D eigenvalue weighted by Gasteiger charge is 2.52. The molecule has 0 radical (unpaired) electrons. The summed E-state index contributed by atoms with van der Waals surface area (Å²) in [6, 6.07) is 0. The monoisotopic (exact) mass is 258 g/mol. The van der Waals surface area contributed by atoms with Gasteiger partial charge in [0.15, 0.2) is 0 Å². The minimum Gasteiger partial charge on any atom is -0.316 e. The smallest absolute Gasteiger partial charge is 0.0618 e. The lowest BCUT2D eigenvalue weighted by molar-refractivity contribution is 0.196. The lowest BCUT2D eigenvalue weighted by Gasteiger charge is -2.32. The fourth-order valence-electron chi connectivity index (χ4n) is 4.05. The molecule has 0 aromatic carbocycles. The van der Waals surface area contributed by atoms with Crippen molar-refractivity contribution in [3.63, 3.8) is 0 Å². The molecule has 2 unspecified atom stereocenters. The molecule has 0 spiro atoms. The molecular formula is C15H22N4. The van der Waals surface area contributed by atoms with Gasteiger partial charge in [0.25, 0.3) is 0 Å². The number of nitrogens with zero attached hydrogens (tertiary/aromatic N) is 3. The SMILES string of the molecule is c1cnc(C2CCN(CC3C4CNCC43)CC2)cn1. The summed E-state index contributed by atoms with van der Waals surface area (Å²) in [4.78, 5) is 11.3. The average Bonchev–Trinajstić information content (AvgIpc) is 2.90. The molecule has 4 nitrogen and oxygen atoms in total. The Balaban J connectivity index is 1.28. The molecule has 0 bridgehead atoms. The van der Waals surface area contributed by atoms with Gasteiger partial charge in [-0.3, -0.25) is 9.97 Å². The number of aromatic nitrogens is 2. The quantitative estimate of drug-likeness (QED) is 0.882. The van der Waals surface area contributed by atoms with Crippen molar-refractivity contribution in [1.82, 2.24) is 20.2 Å². The van der Waals surface area contributed by atoms with Gasteiger partial charge < -0.3 is 10.2 Å². The maximum Gasteiger partial charge on any atom is 0.0618 e. The van der Waals surface area contributed by atoms with Crippen LogP contribution >= 0.6 is 0 Å². The Morgan fingerprint density at radius 1 is 1.16 bits per heavy atom. The minimum atomic E-state index is 0.630. The predicted octanol–water partition coefficient (Wildman–Crippen LogP) is 1.12. The van der Waals surface area contributed by atoms with Gasteiger partial charge >= 0.3 is 0 Å². The Kier molecular flexibility index (Phi) is 3.00. The third kappa shape index (κ3) is 2.28. The predicted molar refractivity (Wildman–Crippen MR) is 73.8 cm³/mol. The van der Waals surface area contributed by atoms with Crippen LogP contribution in [0.3, 0.4) is 0 Å². The number of hydrogen-bond donors (Lipinski definition) is 1. The van der Waals surface area contributed by atoms with Crippen LogP contribution in [-0.2, 0) is 0 Å². The Hall–Kier alpha value is -1.00. The summed E-state index contributed by atoms with van der Waals surface area (Å²) in [5, 5.41) is 3.48. The molecule has 1 N–H and O–H groups in total. The number of fused-ring (bicyclic) bond motifs is 1. The first-order valence-corrected chi connectivity index (χ1v) is 7.61. The van der Waals surface area contributed by atoms with E-state index >= 15 is 0 Å². The van der Waals surface area contributed by atoms with Gasteiger partial charge in [0.05, 0.1) is 5.69 Å². The van der Waals surface area contributed by atoms with E-state index in [1.54, 1.807) is 6.20 Å². The first kappa shape index (κ1) is 11.8. The van der Waals surface area contributed by atoms with Gasteiger partial charge in [-0.2, -0.15) is 0 Å². The van der Waals surface area contributed by atoms with Crippen LogP contribution in [0, 0.1) is 17.8 Å². The maximum atomic E-state index is 4.46. The lowest BCUT2D eigenvalue weighted by Crippen LogP contribution is -2.36. The Bertz CT molecular complexity index is 417. The summed E-state index contributed by atoms with van der Waals surface area (Å²) in [7, 11) is 0. The van der Waals surface area contributed by atoms with E-state index in [1.807, 2.05) is 12.4 Å². The summed E-state index contributed by atoms with van der Waals surface area (Å²) in [6.45, 7) is 6.36. The largest absolute Gasteiger partial charge is 0.316 e. The fraction of sp³-hybridized carbons (Fsp3) is 0.733. The second-order valence-electron chi connectivity index (χ2n) is 6.35. The summed E-state index contributed by atoms with van der Waals surface area (Å²) in [5.74, 6) is 3.62. The highest BCUT2D eigenvalue weighted by Crippen LogP contribution is 2.49. The molecule has 1 saturated carbocycles. The van der Waals surface area contributed by atoms with E-state index in [4.69, 9.17) is 0 Å². The van der Waals surface area contributed by atoms with Crippen LogP contribution in [0.4, 0.5) is 0 Å². The molecule has 1 aromatic rings. The third-order valence-electron chi connectivity index (χ3n) is 5.33. The Labute approximate surface area is 114 Å². The molecule has 3 heterocycles. The van der Waals surface area contributed by atoms with Crippen LogP contribution in [0.15, 0.2) is 18.6 Å². The summed E-state index contributed by atoms with van der Waals surface area (Å²) >= 11 is 0. The molecule has 2 atom stereocenters. The molecule has 3 aliphatic rings. The van der Waals surface area contributed by atoms with Crippen molar-refractivity contribution in [1.29, 1.82) is 0 Å². The van der Waals surface area contributed by atoms with E-state index in [9.17, 15) is 0 Å². The molecule has 102 valence electrons. The second kappa shape index (κ2) is 4.84. The van der Waals surface area contributed by atoms with Crippen LogP contribution in [0.5, 0.6) is 0 Å². The van der Waals surface area contributed by atoms with Crippen LogP contribution in [0.25, 0.3) is 0 Å². The van der Waals surface area contributed by atoms with Crippen molar-refractivity contribution in [3.8, 4) is 0 Å². The first-order valence-electron chi connectivity index (χ1n) is 7.61. The highest BCUT2D eigenvalue weighted by atomic mass is 15.1. The van der Waals surface area contributed by atoms with E-state index in [0.717, 1.165) is 17.8 Å². The number of rotatable bonds is 3. The number of likely N-dealkylation sites (tertiary alicyclic amines) is 1. The van der Waals surface area contributed by atoms with Crippen molar-refractivity contribution >= 4 is 0 Å².